The number of fused-ring (bicyclic) bond motifs is 3. The molecule has 0 radical (unpaired) electrons. The third kappa shape index (κ3) is 3.13. The number of halogens is 1. The highest BCUT2D eigenvalue weighted by molar-refractivity contribution is 7.99. The average molecular weight is 366 g/mol. The standard InChI is InChI=1S/C19H15FN4OS/c1-12-10-17-22-23-19(24(17)16-5-3-2-4-15(12)16)26-11-18(25)21-14-8-6-13(20)7-9-14/h2-10H,11H2,1H3,(H,21,25). The molecule has 0 atom stereocenters. The molecule has 7 heteroatoms. The van der Waals surface area contributed by atoms with Crippen molar-refractivity contribution in [3.63, 3.8) is 0 Å². The first-order valence-electron chi connectivity index (χ1n) is 8.03. The molecule has 4 aromatic rings. The van der Waals surface area contributed by atoms with Gasteiger partial charge in [-0.05, 0) is 48.9 Å². The molecule has 0 aliphatic heterocycles. The van der Waals surface area contributed by atoms with Gasteiger partial charge in [0.25, 0.3) is 0 Å². The van der Waals surface area contributed by atoms with Crippen LogP contribution in [0.1, 0.15) is 5.56 Å². The van der Waals surface area contributed by atoms with Gasteiger partial charge in [0.05, 0.1) is 11.3 Å². The van der Waals surface area contributed by atoms with E-state index in [4.69, 9.17) is 0 Å². The van der Waals surface area contributed by atoms with Crippen molar-refractivity contribution < 1.29 is 9.18 Å². The van der Waals surface area contributed by atoms with E-state index in [-0.39, 0.29) is 17.5 Å². The molecule has 0 aliphatic rings. The lowest BCUT2D eigenvalue weighted by molar-refractivity contribution is -0.113. The highest BCUT2D eigenvalue weighted by Gasteiger charge is 2.13. The molecule has 5 nitrogen and oxygen atoms in total. The van der Waals surface area contributed by atoms with Crippen molar-refractivity contribution in [2.45, 2.75) is 12.1 Å². The Morgan fingerprint density at radius 2 is 1.92 bits per heavy atom. The van der Waals surface area contributed by atoms with E-state index in [0.717, 1.165) is 22.1 Å². The fourth-order valence-electron chi connectivity index (χ4n) is 2.83. The van der Waals surface area contributed by atoms with E-state index in [1.54, 1.807) is 0 Å². The molecule has 0 saturated heterocycles. The third-order valence-corrected chi connectivity index (χ3v) is 4.96. The van der Waals surface area contributed by atoms with E-state index in [1.807, 2.05) is 35.6 Å². The largest absolute Gasteiger partial charge is 0.325 e. The van der Waals surface area contributed by atoms with Crippen molar-refractivity contribution in [2.24, 2.45) is 0 Å². The quantitative estimate of drug-likeness (QED) is 0.553. The number of nitrogens with one attached hydrogen (secondary N) is 1. The van der Waals surface area contributed by atoms with Gasteiger partial charge in [-0.2, -0.15) is 0 Å². The molecule has 26 heavy (non-hydrogen) atoms. The van der Waals surface area contributed by atoms with Gasteiger partial charge in [-0.1, -0.05) is 30.0 Å². The molecule has 4 rings (SSSR count). The van der Waals surface area contributed by atoms with E-state index in [0.29, 0.717) is 10.8 Å². The topological polar surface area (TPSA) is 59.3 Å². The summed E-state index contributed by atoms with van der Waals surface area (Å²) in [4.78, 5) is 12.2. The summed E-state index contributed by atoms with van der Waals surface area (Å²) >= 11 is 1.31. The minimum Gasteiger partial charge on any atom is -0.325 e. The fourth-order valence-corrected chi connectivity index (χ4v) is 3.58. The van der Waals surface area contributed by atoms with Crippen molar-refractivity contribution in [3.05, 3.63) is 66.0 Å². The maximum atomic E-state index is 12.9. The molecule has 0 saturated carbocycles. The summed E-state index contributed by atoms with van der Waals surface area (Å²) in [7, 11) is 0. The second kappa shape index (κ2) is 6.76. The summed E-state index contributed by atoms with van der Waals surface area (Å²) in [5.74, 6) is -0.343. The van der Waals surface area contributed by atoms with Crippen molar-refractivity contribution in [1.29, 1.82) is 0 Å². The van der Waals surface area contributed by atoms with Crippen LogP contribution in [0, 0.1) is 12.7 Å². The van der Waals surface area contributed by atoms with Crippen LogP contribution in [0.5, 0.6) is 0 Å². The second-order valence-corrected chi connectivity index (χ2v) is 6.81. The Morgan fingerprint density at radius 1 is 1.15 bits per heavy atom. The zero-order chi connectivity index (χ0) is 18.1. The Hall–Kier alpha value is -2.93. The summed E-state index contributed by atoms with van der Waals surface area (Å²) in [5, 5.41) is 13.0. The lowest BCUT2D eigenvalue weighted by Gasteiger charge is -2.07. The van der Waals surface area contributed by atoms with Gasteiger partial charge < -0.3 is 5.32 Å². The molecule has 1 amide bonds. The number of hydrogen-bond acceptors (Lipinski definition) is 4. The molecule has 2 heterocycles. The van der Waals surface area contributed by atoms with Crippen molar-refractivity contribution >= 4 is 39.9 Å². The van der Waals surface area contributed by atoms with E-state index < -0.39 is 0 Å². The SMILES string of the molecule is Cc1cc2nnc(SCC(=O)Nc3ccc(F)cc3)n2c2ccccc12. The first-order chi connectivity index (χ1) is 12.6. The van der Waals surface area contributed by atoms with Crippen molar-refractivity contribution in [1.82, 2.24) is 14.6 Å². The number of carbonyl (C=O) groups is 1. The maximum absolute atomic E-state index is 12.9. The second-order valence-electron chi connectivity index (χ2n) is 5.86. The van der Waals surface area contributed by atoms with Crippen LogP contribution in [0.3, 0.4) is 0 Å². The van der Waals surface area contributed by atoms with Gasteiger partial charge in [0.2, 0.25) is 5.91 Å². The first-order valence-corrected chi connectivity index (χ1v) is 9.02. The summed E-state index contributed by atoms with van der Waals surface area (Å²) < 4.78 is 14.9. The number of hydrogen-bond donors (Lipinski definition) is 1. The van der Waals surface area contributed by atoms with Crippen LogP contribution in [0.25, 0.3) is 16.6 Å². The van der Waals surface area contributed by atoms with E-state index >= 15 is 0 Å². The lowest BCUT2D eigenvalue weighted by atomic mass is 10.1. The Morgan fingerprint density at radius 3 is 2.73 bits per heavy atom. The summed E-state index contributed by atoms with van der Waals surface area (Å²) in [6.07, 6.45) is 0. The van der Waals surface area contributed by atoms with E-state index in [2.05, 4.69) is 21.6 Å². The summed E-state index contributed by atoms with van der Waals surface area (Å²) in [6.45, 7) is 2.04. The molecule has 0 unspecified atom stereocenters. The monoisotopic (exact) mass is 366 g/mol. The van der Waals surface area contributed by atoms with Crippen LogP contribution in [-0.4, -0.2) is 26.3 Å². The van der Waals surface area contributed by atoms with Crippen molar-refractivity contribution in [2.75, 3.05) is 11.1 Å². The Bertz CT molecular complexity index is 1110. The number of pyridine rings is 1. The normalized spacial score (nSPS) is 11.2. The molecule has 1 N–H and O–H groups in total. The van der Waals surface area contributed by atoms with Crippen molar-refractivity contribution in [3.8, 4) is 0 Å². The van der Waals surface area contributed by atoms with Gasteiger partial charge in [0, 0.05) is 11.1 Å². The first kappa shape index (κ1) is 16.5. The van der Waals surface area contributed by atoms with Crippen LogP contribution in [0.2, 0.25) is 0 Å². The van der Waals surface area contributed by atoms with E-state index in [9.17, 15) is 9.18 Å². The van der Waals surface area contributed by atoms with Crippen LogP contribution in [-0.2, 0) is 4.79 Å². The zero-order valence-corrected chi connectivity index (χ0v) is 14.8. The van der Waals surface area contributed by atoms with Crippen LogP contribution in [0.4, 0.5) is 10.1 Å². The van der Waals surface area contributed by atoms with Crippen LogP contribution in [0.15, 0.2) is 59.8 Å². The molecule has 2 aromatic carbocycles. The van der Waals surface area contributed by atoms with Gasteiger partial charge in [-0.3, -0.25) is 9.20 Å². The zero-order valence-electron chi connectivity index (χ0n) is 13.9. The number of benzene rings is 2. The molecule has 2 aromatic heterocycles. The highest BCUT2D eigenvalue weighted by Crippen LogP contribution is 2.25. The average Bonchev–Trinajstić information content (AvgIpc) is 3.05. The summed E-state index contributed by atoms with van der Waals surface area (Å²) in [5.41, 5.74) is 3.45. The number of rotatable bonds is 4. The maximum Gasteiger partial charge on any atom is 0.234 e. The van der Waals surface area contributed by atoms with Gasteiger partial charge in [-0.15, -0.1) is 10.2 Å². The van der Waals surface area contributed by atoms with Gasteiger partial charge in [0.15, 0.2) is 10.8 Å². The molecule has 0 bridgehead atoms. The number of aryl methyl sites for hydroxylation is 1. The van der Waals surface area contributed by atoms with Crippen LogP contribution < -0.4 is 5.32 Å². The smallest absolute Gasteiger partial charge is 0.234 e. The van der Waals surface area contributed by atoms with Crippen LogP contribution >= 0.6 is 11.8 Å². The van der Waals surface area contributed by atoms with Gasteiger partial charge in [0.1, 0.15) is 5.82 Å². The molecular weight excluding hydrogens is 351 g/mol. The number of anilines is 1. The number of carbonyl (C=O) groups excluding carboxylic acids is 1. The van der Waals surface area contributed by atoms with Gasteiger partial charge >= 0.3 is 0 Å². The third-order valence-electron chi connectivity index (χ3n) is 4.03. The predicted molar refractivity (Wildman–Crippen MR) is 101 cm³/mol. The molecule has 130 valence electrons. The fraction of sp³-hybridized carbons (Fsp3) is 0.105. The number of aromatic nitrogens is 3. The number of para-hydroxylation sites is 1. The molecule has 0 fully saturated rings. The number of nitrogens with zero attached hydrogens (tertiary/aromatic N) is 3. The van der Waals surface area contributed by atoms with Gasteiger partial charge in [-0.25, -0.2) is 4.39 Å². The highest BCUT2D eigenvalue weighted by atomic mass is 32.2. The Balaban J connectivity index is 1.57. The minimum atomic E-state index is -0.338. The molecule has 0 aliphatic carbocycles. The lowest BCUT2D eigenvalue weighted by Crippen LogP contribution is -2.14. The molecule has 0 spiro atoms. The number of amides is 1. The Labute approximate surface area is 153 Å². The minimum absolute atomic E-state index is 0.181. The number of thioether (sulfide) groups is 1. The Kier molecular flexibility index (Phi) is 4.30. The molecular formula is C19H15FN4OS. The predicted octanol–water partition coefficient (Wildman–Crippen LogP) is 4.06. The van der Waals surface area contributed by atoms with E-state index in [1.165, 1.54) is 36.0 Å². The summed E-state index contributed by atoms with van der Waals surface area (Å²) in [6, 6.07) is 15.7.